The molecule has 1 aromatic heterocycles. The highest BCUT2D eigenvalue weighted by Gasteiger charge is 2.27. The van der Waals surface area contributed by atoms with E-state index in [4.69, 9.17) is 4.74 Å². The first kappa shape index (κ1) is 23.9. The van der Waals surface area contributed by atoms with Crippen molar-refractivity contribution < 1.29 is 19.1 Å². The summed E-state index contributed by atoms with van der Waals surface area (Å²) in [4.78, 5) is 36.5. The van der Waals surface area contributed by atoms with Gasteiger partial charge in [-0.3, -0.25) is 19.7 Å². The van der Waals surface area contributed by atoms with Gasteiger partial charge in [0.05, 0.1) is 13.0 Å². The third kappa shape index (κ3) is 7.17. The van der Waals surface area contributed by atoms with E-state index in [1.807, 2.05) is 38.1 Å². The molecule has 2 amide bonds. The molecular weight excluding hydrogens is 472 g/mol. The summed E-state index contributed by atoms with van der Waals surface area (Å²) in [6, 6.07) is 6.87. The number of nitrogens with zero attached hydrogens (tertiary/aromatic N) is 2. The van der Waals surface area contributed by atoms with Crippen molar-refractivity contribution in [3.63, 3.8) is 0 Å². The van der Waals surface area contributed by atoms with Crippen molar-refractivity contribution in [3.8, 4) is 10.6 Å². The average Bonchev–Trinajstić information content (AvgIpc) is 3.19. The van der Waals surface area contributed by atoms with Crippen LogP contribution in [0.5, 0.6) is 0 Å². The van der Waals surface area contributed by atoms with E-state index < -0.39 is 12.0 Å². The van der Waals surface area contributed by atoms with E-state index in [1.54, 1.807) is 6.92 Å². The fourth-order valence-electron chi connectivity index (χ4n) is 2.56. The van der Waals surface area contributed by atoms with Gasteiger partial charge in [0, 0.05) is 16.5 Å². The zero-order chi connectivity index (χ0) is 22.1. The van der Waals surface area contributed by atoms with E-state index in [-0.39, 0.29) is 37.2 Å². The number of rotatable bonds is 10. The lowest BCUT2D eigenvalue weighted by Crippen LogP contribution is -2.47. The monoisotopic (exact) mass is 496 g/mol. The van der Waals surface area contributed by atoms with E-state index in [1.165, 1.54) is 11.3 Å². The van der Waals surface area contributed by atoms with Crippen molar-refractivity contribution in [2.75, 3.05) is 11.9 Å². The third-order valence-corrected chi connectivity index (χ3v) is 5.84. The van der Waals surface area contributed by atoms with Gasteiger partial charge in [0.1, 0.15) is 11.0 Å². The molecule has 2 atom stereocenters. The minimum atomic E-state index is -0.746. The zero-order valence-corrected chi connectivity index (χ0v) is 19.5. The molecule has 2 aromatic rings. The van der Waals surface area contributed by atoms with Crippen LogP contribution in [0.2, 0.25) is 0 Å². The Morgan fingerprint density at radius 2 is 1.83 bits per heavy atom. The van der Waals surface area contributed by atoms with Gasteiger partial charge in [0.15, 0.2) is 0 Å². The summed E-state index contributed by atoms with van der Waals surface area (Å²) in [5, 5.41) is 14.6. The van der Waals surface area contributed by atoms with E-state index in [2.05, 4.69) is 36.8 Å². The molecule has 10 heteroatoms. The Bertz CT molecular complexity index is 872. The smallest absolute Gasteiger partial charge is 0.306 e. The van der Waals surface area contributed by atoms with Gasteiger partial charge in [-0.05, 0) is 25.0 Å². The highest BCUT2D eigenvalue weighted by atomic mass is 79.9. The highest BCUT2D eigenvalue weighted by molar-refractivity contribution is 9.10. The lowest BCUT2D eigenvalue weighted by Gasteiger charge is -2.22. The lowest BCUT2D eigenvalue weighted by molar-refractivity contribution is -0.144. The molecule has 30 heavy (non-hydrogen) atoms. The van der Waals surface area contributed by atoms with Gasteiger partial charge >= 0.3 is 5.97 Å². The van der Waals surface area contributed by atoms with Crippen LogP contribution in [0.15, 0.2) is 28.7 Å². The van der Waals surface area contributed by atoms with Crippen molar-refractivity contribution in [1.29, 1.82) is 0 Å². The number of amides is 2. The van der Waals surface area contributed by atoms with Gasteiger partial charge in [-0.15, -0.1) is 10.2 Å². The summed E-state index contributed by atoms with van der Waals surface area (Å²) in [5.41, 5.74) is 0.891. The fourth-order valence-corrected chi connectivity index (χ4v) is 3.58. The standard InChI is InChI=1S/C20H25BrN4O4S/c1-4-12(3)17(22-15(26)10-11-16(27)29-5-2)18(28)23-20-25-24-19(30-20)13-6-8-14(21)9-7-13/h6-9,12,17H,4-5,10-11H2,1-3H3,(H,22,26)(H,23,25,28). The average molecular weight is 497 g/mol. The van der Waals surface area contributed by atoms with Crippen molar-refractivity contribution in [2.45, 2.75) is 46.1 Å². The van der Waals surface area contributed by atoms with Gasteiger partial charge in [0.25, 0.3) is 0 Å². The lowest BCUT2D eigenvalue weighted by atomic mass is 9.98. The Kier molecular flexibility index (Phi) is 9.38. The van der Waals surface area contributed by atoms with Crippen LogP contribution in [-0.2, 0) is 19.1 Å². The van der Waals surface area contributed by atoms with Gasteiger partial charge in [-0.25, -0.2) is 0 Å². The minimum Gasteiger partial charge on any atom is -0.466 e. The maximum atomic E-state index is 12.8. The largest absolute Gasteiger partial charge is 0.466 e. The summed E-state index contributed by atoms with van der Waals surface area (Å²) >= 11 is 4.64. The molecule has 0 bridgehead atoms. The molecule has 0 aliphatic rings. The fraction of sp³-hybridized carbons (Fsp3) is 0.450. The molecule has 0 spiro atoms. The first-order valence-corrected chi connectivity index (χ1v) is 11.3. The number of carbonyl (C=O) groups excluding carboxylic acids is 3. The third-order valence-electron chi connectivity index (χ3n) is 4.42. The molecule has 2 rings (SSSR count). The summed E-state index contributed by atoms with van der Waals surface area (Å²) in [7, 11) is 0. The zero-order valence-electron chi connectivity index (χ0n) is 17.1. The van der Waals surface area contributed by atoms with E-state index in [0.29, 0.717) is 16.6 Å². The molecule has 1 aromatic carbocycles. The van der Waals surface area contributed by atoms with Crippen LogP contribution in [0.3, 0.4) is 0 Å². The molecule has 0 fully saturated rings. The number of anilines is 1. The first-order valence-electron chi connectivity index (χ1n) is 9.69. The summed E-state index contributed by atoms with van der Waals surface area (Å²) < 4.78 is 5.78. The van der Waals surface area contributed by atoms with Gasteiger partial charge in [-0.2, -0.15) is 0 Å². The molecule has 2 N–H and O–H groups in total. The predicted molar refractivity (Wildman–Crippen MR) is 119 cm³/mol. The Labute approximate surface area is 187 Å². The number of benzene rings is 1. The van der Waals surface area contributed by atoms with Crippen LogP contribution in [0, 0.1) is 5.92 Å². The Morgan fingerprint density at radius 3 is 2.47 bits per heavy atom. The van der Waals surface area contributed by atoms with Gasteiger partial charge in [-0.1, -0.05) is 59.7 Å². The van der Waals surface area contributed by atoms with Crippen molar-refractivity contribution >= 4 is 50.2 Å². The van der Waals surface area contributed by atoms with Crippen LogP contribution in [-0.4, -0.2) is 40.6 Å². The molecule has 0 saturated carbocycles. The van der Waals surface area contributed by atoms with Crippen molar-refractivity contribution in [3.05, 3.63) is 28.7 Å². The number of carbonyl (C=O) groups is 3. The molecule has 0 saturated heterocycles. The van der Waals surface area contributed by atoms with Gasteiger partial charge in [0.2, 0.25) is 16.9 Å². The SMILES string of the molecule is CCOC(=O)CCC(=O)NC(C(=O)Nc1nnc(-c2ccc(Br)cc2)s1)C(C)CC. The number of hydrogen-bond acceptors (Lipinski definition) is 7. The van der Waals surface area contributed by atoms with Crippen LogP contribution in [0.25, 0.3) is 10.6 Å². The molecule has 0 aliphatic heterocycles. The number of hydrogen-bond donors (Lipinski definition) is 2. The molecule has 8 nitrogen and oxygen atoms in total. The summed E-state index contributed by atoms with van der Waals surface area (Å²) in [6.07, 6.45) is 0.629. The van der Waals surface area contributed by atoms with Gasteiger partial charge < -0.3 is 10.1 Å². The normalized spacial score (nSPS) is 12.7. The Balaban J connectivity index is 2.00. The van der Waals surface area contributed by atoms with E-state index in [9.17, 15) is 14.4 Å². The second-order valence-electron chi connectivity index (χ2n) is 6.64. The van der Waals surface area contributed by atoms with Crippen LogP contribution in [0.4, 0.5) is 5.13 Å². The maximum absolute atomic E-state index is 12.8. The van der Waals surface area contributed by atoms with Crippen LogP contribution < -0.4 is 10.6 Å². The minimum absolute atomic E-state index is 0.0263. The first-order chi connectivity index (χ1) is 14.3. The molecule has 0 aliphatic carbocycles. The quantitative estimate of drug-likeness (QED) is 0.484. The number of aromatic nitrogens is 2. The molecule has 162 valence electrons. The van der Waals surface area contributed by atoms with Crippen molar-refractivity contribution in [2.24, 2.45) is 5.92 Å². The number of esters is 1. The highest BCUT2D eigenvalue weighted by Crippen LogP contribution is 2.27. The van der Waals surface area contributed by atoms with Crippen molar-refractivity contribution in [1.82, 2.24) is 15.5 Å². The second kappa shape index (κ2) is 11.8. The number of ether oxygens (including phenoxy) is 1. The van der Waals surface area contributed by atoms with E-state index >= 15 is 0 Å². The molecule has 0 radical (unpaired) electrons. The maximum Gasteiger partial charge on any atom is 0.306 e. The Hall–Kier alpha value is -2.33. The van der Waals surface area contributed by atoms with Crippen LogP contribution >= 0.6 is 27.3 Å². The predicted octanol–water partition coefficient (Wildman–Crippen LogP) is 3.78. The van der Waals surface area contributed by atoms with E-state index in [0.717, 1.165) is 10.0 Å². The molecule has 2 unspecified atom stereocenters. The summed E-state index contributed by atoms with van der Waals surface area (Å²) in [6.45, 7) is 5.79. The summed E-state index contributed by atoms with van der Waals surface area (Å²) in [5.74, 6) is -1.29. The Morgan fingerprint density at radius 1 is 1.13 bits per heavy atom. The number of nitrogens with one attached hydrogen (secondary N) is 2. The molecule has 1 heterocycles. The number of halogens is 1. The van der Waals surface area contributed by atoms with Crippen LogP contribution in [0.1, 0.15) is 40.0 Å². The molecular formula is C20H25BrN4O4S. The second-order valence-corrected chi connectivity index (χ2v) is 8.54. The topological polar surface area (TPSA) is 110 Å².